The predicted molar refractivity (Wildman–Crippen MR) is 54.3 cm³/mol. The Labute approximate surface area is 81.1 Å². The molecule has 2 N–H and O–H groups in total. The van der Waals surface area contributed by atoms with Gasteiger partial charge in [-0.1, -0.05) is 0 Å². The summed E-state index contributed by atoms with van der Waals surface area (Å²) in [5.41, 5.74) is 6.59. The third-order valence-corrected chi connectivity index (χ3v) is 4.96. The van der Waals surface area contributed by atoms with Crippen LogP contribution in [0.15, 0.2) is 0 Å². The van der Waals surface area contributed by atoms with Gasteiger partial charge in [-0.25, -0.2) is 0 Å². The molecule has 4 aliphatic carbocycles. The Morgan fingerprint density at radius 1 is 1.00 bits per heavy atom. The molecule has 0 aliphatic heterocycles. The van der Waals surface area contributed by atoms with Gasteiger partial charge in [0.15, 0.2) is 0 Å². The third-order valence-electron chi connectivity index (χ3n) is 4.96. The zero-order valence-corrected chi connectivity index (χ0v) is 8.47. The largest absolute Gasteiger partial charge is 0.330 e. The number of hydrogen-bond acceptors (Lipinski definition) is 1. The standard InChI is InChI=1S/C12H21N/c13-8-12-2-1-9-3-10(6-12)5-11(4-9)7-12/h9-11H,1-8,13H2. The van der Waals surface area contributed by atoms with E-state index in [4.69, 9.17) is 5.73 Å². The molecule has 13 heavy (non-hydrogen) atoms. The van der Waals surface area contributed by atoms with Gasteiger partial charge in [0.05, 0.1) is 0 Å². The number of hydrogen-bond donors (Lipinski definition) is 1. The summed E-state index contributed by atoms with van der Waals surface area (Å²) in [5, 5.41) is 0. The second-order valence-corrected chi connectivity index (χ2v) is 5.96. The molecule has 0 aromatic carbocycles. The molecule has 0 aromatic heterocycles. The first-order chi connectivity index (χ1) is 6.30. The van der Waals surface area contributed by atoms with Crippen molar-refractivity contribution >= 4 is 0 Å². The average Bonchev–Trinajstić information content (AvgIpc) is 2.32. The lowest BCUT2D eigenvalue weighted by molar-refractivity contribution is 0.0723. The van der Waals surface area contributed by atoms with Crippen LogP contribution in [-0.2, 0) is 0 Å². The smallest absolute Gasteiger partial charge is 0.00203 e. The first kappa shape index (κ1) is 8.28. The molecule has 74 valence electrons. The molecule has 0 heterocycles. The Kier molecular flexibility index (Phi) is 1.74. The highest BCUT2D eigenvalue weighted by atomic mass is 14.6. The lowest BCUT2D eigenvalue weighted by atomic mass is 9.61. The average molecular weight is 179 g/mol. The Hall–Kier alpha value is -0.0400. The molecule has 4 bridgehead atoms. The number of rotatable bonds is 1. The fourth-order valence-corrected chi connectivity index (χ4v) is 4.56. The minimum atomic E-state index is 0.596. The van der Waals surface area contributed by atoms with Crippen molar-refractivity contribution < 1.29 is 0 Å². The molecule has 0 radical (unpaired) electrons. The van der Waals surface area contributed by atoms with E-state index < -0.39 is 0 Å². The molecule has 1 heteroatoms. The monoisotopic (exact) mass is 179 g/mol. The summed E-state index contributed by atoms with van der Waals surface area (Å²) >= 11 is 0. The first-order valence-corrected chi connectivity index (χ1v) is 6.00. The van der Waals surface area contributed by atoms with Crippen LogP contribution in [0.5, 0.6) is 0 Å². The van der Waals surface area contributed by atoms with Gasteiger partial charge in [-0.15, -0.1) is 0 Å². The summed E-state index contributed by atoms with van der Waals surface area (Å²) in [7, 11) is 0. The maximum Gasteiger partial charge on any atom is -0.00203 e. The van der Waals surface area contributed by atoms with E-state index in [-0.39, 0.29) is 0 Å². The summed E-state index contributed by atoms with van der Waals surface area (Å²) in [5.74, 6) is 3.20. The first-order valence-electron chi connectivity index (χ1n) is 6.00. The molecule has 0 spiro atoms. The van der Waals surface area contributed by atoms with E-state index in [1.165, 1.54) is 44.9 Å². The molecule has 0 aromatic rings. The minimum absolute atomic E-state index is 0.596. The molecule has 4 fully saturated rings. The van der Waals surface area contributed by atoms with Crippen molar-refractivity contribution in [3.63, 3.8) is 0 Å². The van der Waals surface area contributed by atoms with Crippen molar-refractivity contribution in [1.82, 2.24) is 0 Å². The van der Waals surface area contributed by atoms with Gasteiger partial charge >= 0.3 is 0 Å². The quantitative estimate of drug-likeness (QED) is 0.657. The van der Waals surface area contributed by atoms with Crippen molar-refractivity contribution in [2.24, 2.45) is 28.9 Å². The van der Waals surface area contributed by atoms with Gasteiger partial charge in [0.25, 0.3) is 0 Å². The van der Waals surface area contributed by atoms with Crippen LogP contribution in [-0.4, -0.2) is 6.54 Å². The number of fused-ring (bicyclic) bond motifs is 1. The topological polar surface area (TPSA) is 26.0 Å². The molecule has 1 nitrogen and oxygen atoms in total. The van der Waals surface area contributed by atoms with Crippen molar-refractivity contribution in [1.29, 1.82) is 0 Å². The number of nitrogens with two attached hydrogens (primary N) is 1. The van der Waals surface area contributed by atoms with Crippen LogP contribution in [0.1, 0.15) is 44.9 Å². The maximum atomic E-state index is 6.00. The highest BCUT2D eigenvalue weighted by Gasteiger charge is 2.46. The van der Waals surface area contributed by atoms with Crippen molar-refractivity contribution in [3.8, 4) is 0 Å². The highest BCUT2D eigenvalue weighted by molar-refractivity contribution is 4.98. The molecular weight excluding hydrogens is 158 g/mol. The third kappa shape index (κ3) is 1.24. The summed E-state index contributed by atoms with van der Waals surface area (Å²) in [6.45, 7) is 0.965. The SMILES string of the molecule is NCC12CCC3CC(CC(C3)C1)C2. The zero-order valence-electron chi connectivity index (χ0n) is 8.47. The van der Waals surface area contributed by atoms with Crippen molar-refractivity contribution in [3.05, 3.63) is 0 Å². The van der Waals surface area contributed by atoms with Crippen LogP contribution in [0.4, 0.5) is 0 Å². The van der Waals surface area contributed by atoms with Crippen molar-refractivity contribution in [2.45, 2.75) is 44.9 Å². The Morgan fingerprint density at radius 3 is 2.23 bits per heavy atom. The van der Waals surface area contributed by atoms with Crippen LogP contribution < -0.4 is 5.73 Å². The van der Waals surface area contributed by atoms with Gasteiger partial charge in [0.2, 0.25) is 0 Å². The minimum Gasteiger partial charge on any atom is -0.330 e. The summed E-state index contributed by atoms with van der Waals surface area (Å²) < 4.78 is 0. The highest BCUT2D eigenvalue weighted by Crippen LogP contribution is 2.56. The van der Waals surface area contributed by atoms with E-state index in [1.54, 1.807) is 0 Å². The van der Waals surface area contributed by atoms with Crippen LogP contribution in [0, 0.1) is 23.2 Å². The van der Waals surface area contributed by atoms with E-state index in [0.29, 0.717) is 5.41 Å². The van der Waals surface area contributed by atoms with Gasteiger partial charge < -0.3 is 5.73 Å². The summed E-state index contributed by atoms with van der Waals surface area (Å²) in [6, 6.07) is 0. The van der Waals surface area contributed by atoms with E-state index in [0.717, 1.165) is 24.3 Å². The molecule has 2 atom stereocenters. The summed E-state index contributed by atoms with van der Waals surface area (Å²) in [4.78, 5) is 0. The van der Waals surface area contributed by atoms with Crippen LogP contribution in [0.3, 0.4) is 0 Å². The second kappa shape index (κ2) is 2.73. The Balaban J connectivity index is 1.92. The fraction of sp³-hybridized carbons (Fsp3) is 1.00. The van der Waals surface area contributed by atoms with Crippen LogP contribution in [0.2, 0.25) is 0 Å². The van der Waals surface area contributed by atoms with Crippen molar-refractivity contribution in [2.75, 3.05) is 6.54 Å². The molecule has 4 saturated carbocycles. The second-order valence-electron chi connectivity index (χ2n) is 5.96. The van der Waals surface area contributed by atoms with E-state index >= 15 is 0 Å². The van der Waals surface area contributed by atoms with Gasteiger partial charge in [0, 0.05) is 0 Å². The van der Waals surface area contributed by atoms with Crippen LogP contribution >= 0.6 is 0 Å². The van der Waals surface area contributed by atoms with Crippen LogP contribution in [0.25, 0.3) is 0 Å². The lowest BCUT2D eigenvalue weighted by Gasteiger charge is -2.44. The predicted octanol–water partition coefficient (Wildman–Crippen LogP) is 2.55. The molecule has 4 aliphatic rings. The van der Waals surface area contributed by atoms with Gasteiger partial charge in [-0.2, -0.15) is 0 Å². The van der Waals surface area contributed by atoms with Gasteiger partial charge in [-0.3, -0.25) is 0 Å². The van der Waals surface area contributed by atoms with Gasteiger partial charge in [-0.05, 0) is 74.7 Å². The maximum absolute atomic E-state index is 6.00. The molecule has 0 saturated heterocycles. The fourth-order valence-electron chi connectivity index (χ4n) is 4.56. The Bertz CT molecular complexity index is 197. The zero-order chi connectivity index (χ0) is 8.89. The van der Waals surface area contributed by atoms with E-state index in [2.05, 4.69) is 0 Å². The molecule has 0 amide bonds. The lowest BCUT2D eigenvalue weighted by Crippen LogP contribution is -2.39. The molecule has 2 unspecified atom stereocenters. The normalized spacial score (nSPS) is 53.8. The molecular formula is C12H21N. The molecule has 4 rings (SSSR count). The van der Waals surface area contributed by atoms with Gasteiger partial charge in [0.1, 0.15) is 0 Å². The Morgan fingerprint density at radius 2 is 1.62 bits per heavy atom. The summed E-state index contributed by atoms with van der Waals surface area (Å²) in [6.07, 6.45) is 10.5. The van der Waals surface area contributed by atoms with E-state index in [1.807, 2.05) is 0 Å². The van der Waals surface area contributed by atoms with E-state index in [9.17, 15) is 0 Å².